The Morgan fingerprint density at radius 2 is 2.47 bits per heavy atom. The largest absolute Gasteiger partial charge is 0.389 e. The number of thiocarbonyl (C=S) groups is 1. The zero-order chi connectivity index (χ0) is 12.3. The van der Waals surface area contributed by atoms with Gasteiger partial charge >= 0.3 is 0 Å². The molecule has 3 N–H and O–H groups in total. The van der Waals surface area contributed by atoms with Crippen LogP contribution in [0, 0.1) is 0 Å². The molecule has 92 valence electrons. The Labute approximate surface area is 107 Å². The molecular weight excluding hydrogens is 234 g/mol. The zero-order valence-corrected chi connectivity index (χ0v) is 10.7. The Bertz CT molecular complexity index is 416. The fourth-order valence-corrected chi connectivity index (χ4v) is 2.19. The highest BCUT2D eigenvalue weighted by Crippen LogP contribution is 2.24. The average Bonchev–Trinajstić information content (AvgIpc) is 2.29. The van der Waals surface area contributed by atoms with Gasteiger partial charge in [0, 0.05) is 12.8 Å². The van der Waals surface area contributed by atoms with Crippen molar-refractivity contribution >= 4 is 23.0 Å². The van der Waals surface area contributed by atoms with Crippen LogP contribution in [0.2, 0.25) is 0 Å². The van der Waals surface area contributed by atoms with Gasteiger partial charge in [-0.2, -0.15) is 0 Å². The van der Waals surface area contributed by atoms with Gasteiger partial charge < -0.3 is 15.8 Å². The summed E-state index contributed by atoms with van der Waals surface area (Å²) in [7, 11) is 0. The summed E-state index contributed by atoms with van der Waals surface area (Å²) in [4.78, 5) is 4.67. The van der Waals surface area contributed by atoms with Crippen LogP contribution in [0.4, 0.5) is 5.82 Å². The SMILES string of the molecule is CC1(Nc2ncccc2C(N)=S)CCCOC1. The van der Waals surface area contributed by atoms with Crippen LogP contribution in [0.15, 0.2) is 18.3 Å². The van der Waals surface area contributed by atoms with E-state index in [1.165, 1.54) is 0 Å². The van der Waals surface area contributed by atoms with Crippen molar-refractivity contribution in [3.05, 3.63) is 23.9 Å². The van der Waals surface area contributed by atoms with E-state index in [2.05, 4.69) is 17.2 Å². The maximum Gasteiger partial charge on any atom is 0.136 e. The van der Waals surface area contributed by atoms with Crippen molar-refractivity contribution in [3.8, 4) is 0 Å². The maximum absolute atomic E-state index is 5.68. The van der Waals surface area contributed by atoms with Gasteiger partial charge in [-0.15, -0.1) is 0 Å². The molecule has 0 radical (unpaired) electrons. The molecule has 17 heavy (non-hydrogen) atoms. The molecule has 1 unspecified atom stereocenters. The first-order valence-electron chi connectivity index (χ1n) is 5.71. The van der Waals surface area contributed by atoms with E-state index in [1.807, 2.05) is 12.1 Å². The fraction of sp³-hybridized carbons (Fsp3) is 0.500. The molecule has 0 amide bonds. The van der Waals surface area contributed by atoms with E-state index in [9.17, 15) is 0 Å². The van der Waals surface area contributed by atoms with Crippen LogP contribution in [0.5, 0.6) is 0 Å². The normalized spacial score (nSPS) is 24.3. The highest BCUT2D eigenvalue weighted by atomic mass is 32.1. The van der Waals surface area contributed by atoms with E-state index in [1.54, 1.807) is 6.20 Å². The first-order chi connectivity index (χ1) is 8.11. The second-order valence-corrected chi connectivity index (χ2v) is 5.05. The number of nitrogens with two attached hydrogens (primary N) is 1. The second kappa shape index (κ2) is 4.98. The molecule has 5 heteroatoms. The monoisotopic (exact) mass is 251 g/mol. The first kappa shape index (κ1) is 12.3. The van der Waals surface area contributed by atoms with Crippen molar-refractivity contribution < 1.29 is 4.74 Å². The maximum atomic E-state index is 5.68. The van der Waals surface area contributed by atoms with Crippen molar-refractivity contribution in [1.29, 1.82) is 0 Å². The van der Waals surface area contributed by atoms with Crippen LogP contribution in [-0.4, -0.2) is 28.7 Å². The molecule has 1 saturated heterocycles. The summed E-state index contributed by atoms with van der Waals surface area (Å²) in [5.41, 5.74) is 6.38. The third kappa shape index (κ3) is 2.92. The molecule has 2 heterocycles. The fourth-order valence-electron chi connectivity index (χ4n) is 2.02. The number of nitrogens with one attached hydrogen (secondary N) is 1. The van der Waals surface area contributed by atoms with E-state index in [0.717, 1.165) is 30.8 Å². The molecule has 4 nitrogen and oxygen atoms in total. The number of aromatic nitrogens is 1. The van der Waals surface area contributed by atoms with Gasteiger partial charge in [0.05, 0.1) is 17.7 Å². The third-order valence-corrected chi connectivity index (χ3v) is 3.15. The van der Waals surface area contributed by atoms with Crippen molar-refractivity contribution in [1.82, 2.24) is 4.98 Å². The topological polar surface area (TPSA) is 60.2 Å². The van der Waals surface area contributed by atoms with Crippen molar-refractivity contribution in [2.45, 2.75) is 25.3 Å². The van der Waals surface area contributed by atoms with Gasteiger partial charge in [-0.25, -0.2) is 4.98 Å². The molecule has 0 aliphatic carbocycles. The smallest absolute Gasteiger partial charge is 0.136 e. The van der Waals surface area contributed by atoms with Crippen molar-refractivity contribution in [2.24, 2.45) is 5.73 Å². The zero-order valence-electron chi connectivity index (χ0n) is 9.90. The van der Waals surface area contributed by atoms with Gasteiger partial charge in [-0.05, 0) is 31.9 Å². The summed E-state index contributed by atoms with van der Waals surface area (Å²) >= 11 is 5.02. The molecule has 1 aliphatic heterocycles. The summed E-state index contributed by atoms with van der Waals surface area (Å²) in [6, 6.07) is 3.71. The minimum Gasteiger partial charge on any atom is -0.389 e. The first-order valence-corrected chi connectivity index (χ1v) is 6.12. The van der Waals surface area contributed by atoms with Crippen molar-refractivity contribution in [2.75, 3.05) is 18.5 Å². The molecule has 0 aromatic carbocycles. The minimum atomic E-state index is -0.0911. The van der Waals surface area contributed by atoms with Gasteiger partial charge in [0.15, 0.2) is 0 Å². The van der Waals surface area contributed by atoms with Gasteiger partial charge in [0.1, 0.15) is 10.8 Å². The average molecular weight is 251 g/mol. The van der Waals surface area contributed by atoms with Gasteiger partial charge in [0.2, 0.25) is 0 Å². The molecule has 1 aliphatic rings. The van der Waals surface area contributed by atoms with Crippen LogP contribution in [0.1, 0.15) is 25.3 Å². The Balaban J connectivity index is 2.20. The van der Waals surface area contributed by atoms with E-state index < -0.39 is 0 Å². The standard InChI is InChI=1S/C12H17N3OS/c1-12(5-3-7-16-8-12)15-11-9(10(13)17)4-2-6-14-11/h2,4,6H,3,5,7-8H2,1H3,(H2,13,17)(H,14,15). The number of nitrogens with zero attached hydrogens (tertiary/aromatic N) is 1. The van der Waals surface area contributed by atoms with E-state index >= 15 is 0 Å². The lowest BCUT2D eigenvalue weighted by atomic mass is 9.94. The molecule has 2 rings (SSSR count). The summed E-state index contributed by atoms with van der Waals surface area (Å²) in [6.45, 7) is 3.65. The lowest BCUT2D eigenvalue weighted by molar-refractivity contribution is 0.0539. The summed E-state index contributed by atoms with van der Waals surface area (Å²) in [5, 5.41) is 3.40. The molecule has 1 atom stereocenters. The molecule has 0 bridgehead atoms. The molecule has 1 aromatic rings. The lowest BCUT2D eigenvalue weighted by Gasteiger charge is -2.35. The quantitative estimate of drug-likeness (QED) is 0.801. The predicted molar refractivity (Wildman–Crippen MR) is 72.2 cm³/mol. The van der Waals surface area contributed by atoms with Crippen LogP contribution >= 0.6 is 12.2 Å². The number of pyridine rings is 1. The molecular formula is C12H17N3OS. The van der Waals surface area contributed by atoms with E-state index in [-0.39, 0.29) is 5.54 Å². The second-order valence-electron chi connectivity index (χ2n) is 4.61. The summed E-state index contributed by atoms with van der Waals surface area (Å²) < 4.78 is 5.50. The number of hydrogen-bond acceptors (Lipinski definition) is 4. The third-order valence-electron chi connectivity index (χ3n) is 2.93. The van der Waals surface area contributed by atoms with Crippen LogP contribution in [0.25, 0.3) is 0 Å². The number of ether oxygens (including phenoxy) is 1. The van der Waals surface area contributed by atoms with Gasteiger partial charge in [0.25, 0.3) is 0 Å². The van der Waals surface area contributed by atoms with Gasteiger partial charge in [-0.3, -0.25) is 0 Å². The molecule has 1 fully saturated rings. The van der Waals surface area contributed by atoms with Gasteiger partial charge in [-0.1, -0.05) is 12.2 Å². The molecule has 0 saturated carbocycles. The van der Waals surface area contributed by atoms with Crippen LogP contribution in [-0.2, 0) is 4.74 Å². The molecule has 0 spiro atoms. The van der Waals surface area contributed by atoms with E-state index in [4.69, 9.17) is 22.7 Å². The number of anilines is 1. The van der Waals surface area contributed by atoms with Crippen LogP contribution < -0.4 is 11.1 Å². The Morgan fingerprint density at radius 1 is 1.65 bits per heavy atom. The summed E-state index contributed by atoms with van der Waals surface area (Å²) in [6.07, 6.45) is 3.84. The van der Waals surface area contributed by atoms with E-state index in [0.29, 0.717) is 11.6 Å². The Morgan fingerprint density at radius 3 is 3.12 bits per heavy atom. The Kier molecular flexibility index (Phi) is 3.59. The predicted octanol–water partition coefficient (Wildman–Crippen LogP) is 1.70. The minimum absolute atomic E-state index is 0.0911. The number of rotatable bonds is 3. The lowest BCUT2D eigenvalue weighted by Crippen LogP contribution is -2.43. The Hall–Kier alpha value is -1.20. The summed E-state index contributed by atoms with van der Waals surface area (Å²) in [5.74, 6) is 0.744. The highest BCUT2D eigenvalue weighted by Gasteiger charge is 2.28. The number of hydrogen-bond donors (Lipinski definition) is 2. The van der Waals surface area contributed by atoms with Crippen molar-refractivity contribution in [3.63, 3.8) is 0 Å². The molecule has 1 aromatic heterocycles. The highest BCUT2D eigenvalue weighted by molar-refractivity contribution is 7.80. The van der Waals surface area contributed by atoms with Crippen LogP contribution in [0.3, 0.4) is 0 Å².